The molecule has 0 aromatic carbocycles. The van der Waals surface area contributed by atoms with Crippen molar-refractivity contribution in [3.63, 3.8) is 0 Å². The third-order valence-electron chi connectivity index (χ3n) is 3.99. The van der Waals surface area contributed by atoms with E-state index in [4.69, 9.17) is 14.4 Å². The van der Waals surface area contributed by atoms with Gasteiger partial charge in [-0.25, -0.2) is 0 Å². The maximum Gasteiger partial charge on any atom is 0.326 e. The summed E-state index contributed by atoms with van der Waals surface area (Å²) in [6, 6.07) is 0. The minimum Gasteiger partial charge on any atom is -0.481 e. The molecule has 0 rings (SSSR count). The van der Waals surface area contributed by atoms with Crippen LogP contribution in [0.1, 0.15) is 84.0 Å². The van der Waals surface area contributed by atoms with E-state index in [1.54, 1.807) is 0 Å². The predicted molar refractivity (Wildman–Crippen MR) is 95.0 cm³/mol. The van der Waals surface area contributed by atoms with Gasteiger partial charge in [-0.1, -0.05) is 64.7 Å². The Labute approximate surface area is 150 Å². The van der Waals surface area contributed by atoms with Gasteiger partial charge in [-0.2, -0.15) is 8.42 Å². The van der Waals surface area contributed by atoms with Crippen LogP contribution >= 0.6 is 0 Å². The normalized spacial score (nSPS) is 12.7. The van der Waals surface area contributed by atoms with Crippen molar-refractivity contribution in [2.45, 2.75) is 89.2 Å². The van der Waals surface area contributed by atoms with Gasteiger partial charge in [-0.3, -0.25) is 14.1 Å². The number of esters is 1. The van der Waals surface area contributed by atoms with Crippen molar-refractivity contribution in [1.29, 1.82) is 0 Å². The molecule has 1 unspecified atom stereocenters. The highest BCUT2D eigenvalue weighted by Crippen LogP contribution is 2.12. The quantitative estimate of drug-likeness (QED) is 0.239. The van der Waals surface area contributed by atoms with Gasteiger partial charge < -0.3 is 9.84 Å². The van der Waals surface area contributed by atoms with E-state index >= 15 is 0 Å². The molecule has 0 spiro atoms. The number of aliphatic carboxylic acids is 1. The van der Waals surface area contributed by atoms with Gasteiger partial charge in [0.25, 0.3) is 10.1 Å². The number of carboxylic acid groups (broad SMARTS) is 1. The molecule has 8 heteroatoms. The second kappa shape index (κ2) is 14.1. The van der Waals surface area contributed by atoms with Crippen LogP contribution in [0.4, 0.5) is 0 Å². The van der Waals surface area contributed by atoms with E-state index in [0.717, 1.165) is 19.3 Å². The van der Waals surface area contributed by atoms with Crippen LogP contribution in [0.2, 0.25) is 0 Å². The molecule has 0 heterocycles. The standard InChI is InChI=1S/C17H32O7S/c1-2-3-4-5-6-7-8-9-10-11-14-24-17(20)15(25(21,22)23)12-13-16(18)19/h15H,2-14H2,1H3,(H,18,19)(H,21,22,23). The van der Waals surface area contributed by atoms with Crippen molar-refractivity contribution >= 4 is 22.1 Å². The number of carboxylic acids is 1. The van der Waals surface area contributed by atoms with Gasteiger partial charge in [-0.05, 0) is 12.8 Å². The van der Waals surface area contributed by atoms with Crippen molar-refractivity contribution < 1.29 is 32.4 Å². The Morgan fingerprint density at radius 3 is 1.84 bits per heavy atom. The topological polar surface area (TPSA) is 118 Å². The lowest BCUT2D eigenvalue weighted by Crippen LogP contribution is -2.32. The average Bonchev–Trinajstić information content (AvgIpc) is 2.51. The van der Waals surface area contributed by atoms with E-state index in [-0.39, 0.29) is 6.61 Å². The van der Waals surface area contributed by atoms with Crippen LogP contribution in [-0.2, 0) is 24.4 Å². The highest BCUT2D eigenvalue weighted by molar-refractivity contribution is 7.87. The molecule has 0 aromatic heterocycles. The molecule has 0 radical (unpaired) electrons. The van der Waals surface area contributed by atoms with Crippen LogP contribution in [0, 0.1) is 0 Å². The van der Waals surface area contributed by atoms with Gasteiger partial charge in [0.05, 0.1) is 6.61 Å². The Bertz CT molecular complexity index is 473. The molecule has 25 heavy (non-hydrogen) atoms. The summed E-state index contributed by atoms with van der Waals surface area (Å²) in [4.78, 5) is 22.2. The second-order valence-corrected chi connectivity index (χ2v) is 7.88. The van der Waals surface area contributed by atoms with Crippen molar-refractivity contribution in [3.05, 3.63) is 0 Å². The summed E-state index contributed by atoms with van der Waals surface area (Å²) in [6.45, 7) is 2.27. The molecule has 0 aliphatic heterocycles. The number of unbranched alkanes of at least 4 members (excludes halogenated alkanes) is 9. The molecular weight excluding hydrogens is 348 g/mol. The Balaban J connectivity index is 3.80. The highest BCUT2D eigenvalue weighted by atomic mass is 32.2. The van der Waals surface area contributed by atoms with Gasteiger partial charge in [0.1, 0.15) is 0 Å². The van der Waals surface area contributed by atoms with Crippen molar-refractivity contribution in [2.75, 3.05) is 6.61 Å². The predicted octanol–water partition coefficient (Wildman–Crippen LogP) is 3.57. The molecule has 148 valence electrons. The first-order valence-electron chi connectivity index (χ1n) is 9.13. The van der Waals surface area contributed by atoms with Crippen LogP contribution in [0.5, 0.6) is 0 Å². The number of carbonyl (C=O) groups is 2. The maximum absolute atomic E-state index is 11.7. The number of hydrogen-bond donors (Lipinski definition) is 2. The zero-order valence-electron chi connectivity index (χ0n) is 15.1. The maximum atomic E-state index is 11.7. The first-order chi connectivity index (χ1) is 11.8. The molecular formula is C17H32O7S. The number of hydrogen-bond acceptors (Lipinski definition) is 5. The molecule has 0 aliphatic rings. The first kappa shape index (κ1) is 23.9. The van der Waals surface area contributed by atoms with Crippen LogP contribution < -0.4 is 0 Å². The molecule has 1 atom stereocenters. The molecule has 0 aliphatic carbocycles. The molecule has 0 saturated heterocycles. The van der Waals surface area contributed by atoms with Crippen molar-refractivity contribution in [2.24, 2.45) is 0 Å². The summed E-state index contributed by atoms with van der Waals surface area (Å²) < 4.78 is 36.2. The van der Waals surface area contributed by atoms with Gasteiger partial charge in [0.15, 0.2) is 5.25 Å². The monoisotopic (exact) mass is 380 g/mol. The number of carbonyl (C=O) groups excluding carboxylic acids is 1. The molecule has 0 amide bonds. The molecule has 0 saturated carbocycles. The van der Waals surface area contributed by atoms with Gasteiger partial charge in [-0.15, -0.1) is 0 Å². The van der Waals surface area contributed by atoms with Gasteiger partial charge >= 0.3 is 11.9 Å². The fraction of sp³-hybridized carbons (Fsp3) is 0.882. The van der Waals surface area contributed by atoms with E-state index in [0.29, 0.717) is 6.42 Å². The molecule has 7 nitrogen and oxygen atoms in total. The highest BCUT2D eigenvalue weighted by Gasteiger charge is 2.32. The van der Waals surface area contributed by atoms with E-state index in [1.807, 2.05) is 0 Å². The minimum atomic E-state index is -4.66. The lowest BCUT2D eigenvalue weighted by molar-refractivity contribution is -0.143. The Morgan fingerprint density at radius 2 is 1.40 bits per heavy atom. The average molecular weight is 381 g/mol. The minimum absolute atomic E-state index is 0.0778. The Morgan fingerprint density at radius 1 is 0.920 bits per heavy atom. The lowest BCUT2D eigenvalue weighted by atomic mass is 10.1. The van der Waals surface area contributed by atoms with E-state index in [9.17, 15) is 18.0 Å². The van der Waals surface area contributed by atoms with Crippen molar-refractivity contribution in [3.8, 4) is 0 Å². The van der Waals surface area contributed by atoms with Crippen molar-refractivity contribution in [1.82, 2.24) is 0 Å². The van der Waals surface area contributed by atoms with Crippen LogP contribution in [0.25, 0.3) is 0 Å². The Kier molecular flexibility index (Phi) is 13.4. The van der Waals surface area contributed by atoms with Gasteiger partial charge in [0.2, 0.25) is 0 Å². The summed E-state index contributed by atoms with van der Waals surface area (Å²) in [7, 11) is -4.66. The molecule has 0 aromatic rings. The first-order valence-corrected chi connectivity index (χ1v) is 10.6. The Hall–Kier alpha value is -1.15. The lowest BCUT2D eigenvalue weighted by Gasteiger charge is -2.12. The summed E-state index contributed by atoms with van der Waals surface area (Å²) in [5.74, 6) is -2.32. The van der Waals surface area contributed by atoms with Crippen LogP contribution in [-0.4, -0.2) is 41.9 Å². The van der Waals surface area contributed by atoms with Crippen LogP contribution in [0.15, 0.2) is 0 Å². The van der Waals surface area contributed by atoms with Crippen LogP contribution in [0.3, 0.4) is 0 Å². The van der Waals surface area contributed by atoms with E-state index in [1.165, 1.54) is 38.5 Å². The molecule has 2 N–H and O–H groups in total. The summed E-state index contributed by atoms with van der Waals surface area (Å²) in [5.41, 5.74) is 0. The molecule has 0 bridgehead atoms. The SMILES string of the molecule is CCCCCCCCCCCCOC(=O)C(CCC(=O)O)S(=O)(=O)O. The third-order valence-corrected chi connectivity index (χ3v) is 5.13. The van der Waals surface area contributed by atoms with E-state index < -0.39 is 40.1 Å². The summed E-state index contributed by atoms with van der Waals surface area (Å²) in [5, 5.41) is 6.73. The second-order valence-electron chi connectivity index (χ2n) is 6.29. The van der Waals surface area contributed by atoms with Gasteiger partial charge in [0, 0.05) is 6.42 Å². The molecule has 0 fully saturated rings. The smallest absolute Gasteiger partial charge is 0.326 e. The number of rotatable bonds is 16. The third kappa shape index (κ3) is 13.8. The fourth-order valence-electron chi connectivity index (χ4n) is 2.50. The largest absolute Gasteiger partial charge is 0.481 e. The zero-order chi connectivity index (χ0) is 19.1. The fourth-order valence-corrected chi connectivity index (χ4v) is 3.23. The van der Waals surface area contributed by atoms with E-state index in [2.05, 4.69) is 6.92 Å². The number of ether oxygens (including phenoxy) is 1. The summed E-state index contributed by atoms with van der Waals surface area (Å²) >= 11 is 0. The summed E-state index contributed by atoms with van der Waals surface area (Å²) in [6.07, 6.45) is 10.2. The zero-order valence-corrected chi connectivity index (χ0v) is 15.9.